The van der Waals surface area contributed by atoms with E-state index >= 15 is 0 Å². The molecule has 0 saturated carbocycles. The topological polar surface area (TPSA) is 24.5 Å². The maximum absolute atomic E-state index is 5.78. The molecule has 1 N–H and O–H groups in total. The van der Waals surface area contributed by atoms with Crippen LogP contribution in [0.1, 0.15) is 47.0 Å². The molecule has 3 atom stereocenters. The van der Waals surface area contributed by atoms with E-state index in [-0.39, 0.29) is 0 Å². The van der Waals surface area contributed by atoms with Crippen LogP contribution in [0.2, 0.25) is 0 Å². The molecule has 1 saturated heterocycles. The third kappa shape index (κ3) is 5.84. The van der Waals surface area contributed by atoms with Gasteiger partial charge < -0.3 is 10.1 Å². The second-order valence-electron chi connectivity index (χ2n) is 5.42. The average molecular weight is 242 g/mol. The molecule has 3 unspecified atom stereocenters. The van der Waals surface area contributed by atoms with Gasteiger partial charge >= 0.3 is 0 Å². The number of hydrogen-bond donors (Lipinski definition) is 1. The van der Waals surface area contributed by atoms with Crippen LogP contribution in [-0.2, 0) is 4.74 Å². The summed E-state index contributed by atoms with van der Waals surface area (Å²) < 4.78 is 5.78. The van der Waals surface area contributed by atoms with Crippen molar-refractivity contribution in [1.29, 1.82) is 0 Å². The lowest BCUT2D eigenvalue weighted by Crippen LogP contribution is -2.50. The Balaban J connectivity index is 2.36. The van der Waals surface area contributed by atoms with Gasteiger partial charge in [-0.3, -0.25) is 4.90 Å². The number of nitrogens with one attached hydrogen (secondary N) is 1. The van der Waals surface area contributed by atoms with E-state index in [1.165, 1.54) is 25.8 Å². The van der Waals surface area contributed by atoms with Crippen molar-refractivity contribution in [3.8, 4) is 0 Å². The van der Waals surface area contributed by atoms with Crippen LogP contribution < -0.4 is 5.32 Å². The Kier molecular flexibility index (Phi) is 7.09. The molecule has 0 aromatic rings. The normalized spacial score (nSPS) is 28.2. The first kappa shape index (κ1) is 14.9. The van der Waals surface area contributed by atoms with Crippen molar-refractivity contribution in [1.82, 2.24) is 10.2 Å². The number of nitrogens with zero attached hydrogens (tertiary/aromatic N) is 1. The van der Waals surface area contributed by atoms with Gasteiger partial charge in [0.15, 0.2) is 0 Å². The zero-order chi connectivity index (χ0) is 12.7. The minimum atomic E-state index is 0.382. The minimum absolute atomic E-state index is 0.382. The molecule has 0 aliphatic carbocycles. The van der Waals surface area contributed by atoms with Gasteiger partial charge in [-0.1, -0.05) is 20.3 Å². The van der Waals surface area contributed by atoms with Crippen molar-refractivity contribution in [3.63, 3.8) is 0 Å². The lowest BCUT2D eigenvalue weighted by atomic mass is 10.1. The van der Waals surface area contributed by atoms with E-state index in [2.05, 4.69) is 37.9 Å². The van der Waals surface area contributed by atoms with Crippen LogP contribution in [0.3, 0.4) is 0 Å². The molecular weight excluding hydrogens is 212 g/mol. The SMILES string of the molecule is CCCNC(CCC)CN1CC(C)OC(C)C1. The molecule has 0 bridgehead atoms. The molecule has 1 heterocycles. The standard InChI is InChI=1S/C14H30N2O/c1-5-7-14(15-8-6-2)11-16-9-12(3)17-13(4)10-16/h12-15H,5-11H2,1-4H3. The highest BCUT2D eigenvalue weighted by Crippen LogP contribution is 2.12. The molecule has 1 aliphatic rings. The van der Waals surface area contributed by atoms with Crippen LogP contribution in [0.5, 0.6) is 0 Å². The van der Waals surface area contributed by atoms with Crippen molar-refractivity contribution in [2.24, 2.45) is 0 Å². The summed E-state index contributed by atoms with van der Waals surface area (Å²) in [5.74, 6) is 0. The first-order chi connectivity index (χ1) is 8.15. The molecule has 0 aromatic heterocycles. The van der Waals surface area contributed by atoms with E-state index in [1.807, 2.05) is 0 Å². The molecule has 3 heteroatoms. The van der Waals surface area contributed by atoms with Crippen LogP contribution in [0, 0.1) is 0 Å². The van der Waals surface area contributed by atoms with Crippen molar-refractivity contribution in [2.75, 3.05) is 26.2 Å². The van der Waals surface area contributed by atoms with Gasteiger partial charge in [0, 0.05) is 25.7 Å². The van der Waals surface area contributed by atoms with Crippen LogP contribution in [0.15, 0.2) is 0 Å². The second kappa shape index (κ2) is 8.06. The van der Waals surface area contributed by atoms with E-state index < -0.39 is 0 Å². The highest BCUT2D eigenvalue weighted by Gasteiger charge is 2.23. The highest BCUT2D eigenvalue weighted by molar-refractivity contribution is 4.78. The summed E-state index contributed by atoms with van der Waals surface area (Å²) >= 11 is 0. The van der Waals surface area contributed by atoms with Gasteiger partial charge in [-0.2, -0.15) is 0 Å². The zero-order valence-electron chi connectivity index (χ0n) is 12.0. The second-order valence-corrected chi connectivity index (χ2v) is 5.42. The quantitative estimate of drug-likeness (QED) is 0.741. The molecule has 1 aliphatic heterocycles. The summed E-state index contributed by atoms with van der Waals surface area (Å²) in [6, 6.07) is 0.650. The molecule has 0 spiro atoms. The number of ether oxygens (including phenoxy) is 1. The Morgan fingerprint density at radius 1 is 1.18 bits per heavy atom. The van der Waals surface area contributed by atoms with Gasteiger partial charge in [0.25, 0.3) is 0 Å². The van der Waals surface area contributed by atoms with Gasteiger partial charge in [-0.05, 0) is 33.2 Å². The fraction of sp³-hybridized carbons (Fsp3) is 1.00. The molecule has 0 radical (unpaired) electrons. The Morgan fingerprint density at radius 2 is 1.82 bits per heavy atom. The summed E-state index contributed by atoms with van der Waals surface area (Å²) in [6.45, 7) is 13.3. The number of hydrogen-bond acceptors (Lipinski definition) is 3. The predicted molar refractivity (Wildman–Crippen MR) is 73.4 cm³/mol. The van der Waals surface area contributed by atoms with Crippen LogP contribution in [0.4, 0.5) is 0 Å². The first-order valence-electron chi connectivity index (χ1n) is 7.26. The monoisotopic (exact) mass is 242 g/mol. The van der Waals surface area contributed by atoms with E-state index in [9.17, 15) is 0 Å². The van der Waals surface area contributed by atoms with Crippen LogP contribution >= 0.6 is 0 Å². The van der Waals surface area contributed by atoms with E-state index in [0.29, 0.717) is 18.2 Å². The third-order valence-corrected chi connectivity index (χ3v) is 3.29. The van der Waals surface area contributed by atoms with Gasteiger partial charge in [0.05, 0.1) is 12.2 Å². The Labute approximate surface area is 107 Å². The Hall–Kier alpha value is -0.120. The van der Waals surface area contributed by atoms with Gasteiger partial charge in [-0.15, -0.1) is 0 Å². The summed E-state index contributed by atoms with van der Waals surface area (Å²) in [4.78, 5) is 2.56. The maximum atomic E-state index is 5.78. The van der Waals surface area contributed by atoms with Crippen LogP contribution in [-0.4, -0.2) is 49.3 Å². The molecule has 102 valence electrons. The minimum Gasteiger partial charge on any atom is -0.373 e. The van der Waals surface area contributed by atoms with Crippen molar-refractivity contribution < 1.29 is 4.74 Å². The summed E-state index contributed by atoms with van der Waals surface area (Å²) in [6.07, 6.45) is 4.52. The number of morpholine rings is 1. The Morgan fingerprint density at radius 3 is 2.35 bits per heavy atom. The smallest absolute Gasteiger partial charge is 0.0678 e. The van der Waals surface area contributed by atoms with Crippen LogP contribution in [0.25, 0.3) is 0 Å². The summed E-state index contributed by atoms with van der Waals surface area (Å²) in [5, 5.41) is 3.66. The molecule has 17 heavy (non-hydrogen) atoms. The van der Waals surface area contributed by atoms with Gasteiger partial charge in [0.1, 0.15) is 0 Å². The fourth-order valence-corrected chi connectivity index (χ4v) is 2.70. The van der Waals surface area contributed by atoms with Gasteiger partial charge in [-0.25, -0.2) is 0 Å². The lowest BCUT2D eigenvalue weighted by Gasteiger charge is -2.37. The van der Waals surface area contributed by atoms with E-state index in [0.717, 1.165) is 19.6 Å². The molecule has 0 aromatic carbocycles. The number of rotatable bonds is 7. The average Bonchev–Trinajstić information content (AvgIpc) is 2.24. The molecule has 1 fully saturated rings. The summed E-state index contributed by atoms with van der Waals surface area (Å²) in [5.41, 5.74) is 0. The van der Waals surface area contributed by atoms with Crippen molar-refractivity contribution in [3.05, 3.63) is 0 Å². The predicted octanol–water partition coefficient (Wildman–Crippen LogP) is 2.26. The van der Waals surface area contributed by atoms with E-state index in [4.69, 9.17) is 4.74 Å². The molecular formula is C14H30N2O. The Bertz CT molecular complexity index is 189. The first-order valence-corrected chi connectivity index (χ1v) is 7.26. The van der Waals surface area contributed by atoms with Gasteiger partial charge in [0.2, 0.25) is 0 Å². The highest BCUT2D eigenvalue weighted by atomic mass is 16.5. The lowest BCUT2D eigenvalue weighted by molar-refractivity contribution is -0.0700. The molecule has 1 rings (SSSR count). The molecule has 0 amide bonds. The zero-order valence-corrected chi connectivity index (χ0v) is 12.0. The van der Waals surface area contributed by atoms with Crippen molar-refractivity contribution in [2.45, 2.75) is 65.2 Å². The van der Waals surface area contributed by atoms with Crippen molar-refractivity contribution >= 4 is 0 Å². The fourth-order valence-electron chi connectivity index (χ4n) is 2.70. The summed E-state index contributed by atoms with van der Waals surface area (Å²) in [7, 11) is 0. The largest absolute Gasteiger partial charge is 0.373 e. The van der Waals surface area contributed by atoms with E-state index in [1.54, 1.807) is 0 Å². The third-order valence-electron chi connectivity index (χ3n) is 3.29. The molecule has 3 nitrogen and oxygen atoms in total. The maximum Gasteiger partial charge on any atom is 0.0678 e.